The van der Waals surface area contributed by atoms with Crippen LogP contribution < -0.4 is 11.1 Å². The number of thiazole rings is 1. The highest BCUT2D eigenvalue weighted by atomic mass is 32.1. The van der Waals surface area contributed by atoms with Crippen LogP contribution in [-0.4, -0.2) is 18.9 Å². The minimum Gasteiger partial charge on any atom is -0.292 e. The molecule has 6 nitrogen and oxygen atoms in total. The molecule has 5 aromatic rings. The van der Waals surface area contributed by atoms with E-state index in [4.69, 9.17) is 0 Å². The summed E-state index contributed by atoms with van der Waals surface area (Å²) in [5.41, 5.74) is 2.01. The highest BCUT2D eigenvalue weighted by molar-refractivity contribution is 7.22. The summed E-state index contributed by atoms with van der Waals surface area (Å²) < 4.78 is 3.59. The first kappa shape index (κ1) is 16.1. The number of hydrogen-bond donors (Lipinski definition) is 0. The van der Waals surface area contributed by atoms with Gasteiger partial charge in [0.05, 0.1) is 24.1 Å². The van der Waals surface area contributed by atoms with E-state index in [1.807, 2.05) is 41.8 Å². The van der Waals surface area contributed by atoms with E-state index in [0.717, 1.165) is 10.4 Å². The first-order valence-electron chi connectivity index (χ1n) is 8.19. The number of rotatable bonds is 3. The van der Waals surface area contributed by atoms with Gasteiger partial charge >= 0.3 is 0 Å². The van der Waals surface area contributed by atoms with Gasteiger partial charge < -0.3 is 0 Å². The van der Waals surface area contributed by atoms with Crippen molar-refractivity contribution < 1.29 is 0 Å². The van der Waals surface area contributed by atoms with Crippen LogP contribution in [0, 0.1) is 0 Å². The van der Waals surface area contributed by atoms with Crippen LogP contribution in [0.3, 0.4) is 0 Å². The van der Waals surface area contributed by atoms with Crippen LogP contribution in [0.25, 0.3) is 25.6 Å². The molecule has 1 aromatic carbocycles. The summed E-state index contributed by atoms with van der Waals surface area (Å²) in [6.07, 6.45) is 3.21. The largest absolute Gasteiger partial charge is 0.292 e. The van der Waals surface area contributed by atoms with Gasteiger partial charge in [0.1, 0.15) is 4.70 Å². The van der Waals surface area contributed by atoms with Crippen LogP contribution in [0.2, 0.25) is 0 Å². The number of benzene rings is 1. The molecule has 0 atom stereocenters. The minimum absolute atomic E-state index is 0.125. The second kappa shape index (κ2) is 6.26. The second-order valence-corrected chi connectivity index (χ2v) is 7.94. The molecule has 0 radical (unpaired) electrons. The second-order valence-electron chi connectivity index (χ2n) is 6.01. The Labute approximate surface area is 160 Å². The maximum atomic E-state index is 12.9. The van der Waals surface area contributed by atoms with Gasteiger partial charge in [-0.25, -0.2) is 9.97 Å². The fourth-order valence-electron chi connectivity index (χ4n) is 2.95. The summed E-state index contributed by atoms with van der Waals surface area (Å²) in [5, 5.41) is 1.81. The van der Waals surface area contributed by atoms with Gasteiger partial charge in [-0.1, -0.05) is 30.3 Å². The summed E-state index contributed by atoms with van der Waals surface area (Å²) in [7, 11) is 0. The fraction of sp³-hybridized carbons (Fsp3) is 0.0526. The Hall–Kier alpha value is -3.10. The molecule has 0 unspecified atom stereocenters. The highest BCUT2D eigenvalue weighted by Crippen LogP contribution is 2.30. The number of hydrogen-bond acceptors (Lipinski definition) is 6. The molecular formula is C19H12N4O2S2. The van der Waals surface area contributed by atoms with Gasteiger partial charge in [-0.05, 0) is 11.6 Å². The molecule has 0 aliphatic carbocycles. The molecule has 4 heterocycles. The van der Waals surface area contributed by atoms with Crippen LogP contribution >= 0.6 is 22.7 Å². The highest BCUT2D eigenvalue weighted by Gasteiger charge is 2.12. The molecule has 4 aromatic heterocycles. The summed E-state index contributed by atoms with van der Waals surface area (Å²) in [6, 6.07) is 13.3. The molecule has 0 aliphatic heterocycles. The molecule has 27 heavy (non-hydrogen) atoms. The van der Waals surface area contributed by atoms with E-state index in [1.54, 1.807) is 6.20 Å². The van der Waals surface area contributed by atoms with Gasteiger partial charge in [0.15, 0.2) is 4.96 Å². The number of fused-ring (bicyclic) bond motifs is 2. The van der Waals surface area contributed by atoms with Crippen molar-refractivity contribution in [3.8, 4) is 10.4 Å². The Morgan fingerprint density at radius 1 is 1.07 bits per heavy atom. The van der Waals surface area contributed by atoms with E-state index in [0.29, 0.717) is 20.9 Å². The van der Waals surface area contributed by atoms with Crippen molar-refractivity contribution in [2.24, 2.45) is 0 Å². The average Bonchev–Trinajstić information content (AvgIpc) is 3.32. The quantitative estimate of drug-likeness (QED) is 0.473. The molecule has 0 amide bonds. The minimum atomic E-state index is -0.152. The number of nitrogens with zero attached hydrogens (tertiary/aromatic N) is 4. The van der Waals surface area contributed by atoms with E-state index in [2.05, 4.69) is 9.97 Å². The predicted molar refractivity (Wildman–Crippen MR) is 108 cm³/mol. The molecule has 0 aliphatic rings. The lowest BCUT2D eigenvalue weighted by Gasteiger charge is -2.04. The number of aromatic nitrogens is 4. The van der Waals surface area contributed by atoms with Crippen LogP contribution in [0.15, 0.2) is 70.0 Å². The topological polar surface area (TPSA) is 69.3 Å². The van der Waals surface area contributed by atoms with E-state index in [9.17, 15) is 9.59 Å². The fourth-order valence-corrected chi connectivity index (χ4v) is 4.75. The van der Waals surface area contributed by atoms with E-state index < -0.39 is 0 Å². The van der Waals surface area contributed by atoms with Gasteiger partial charge in [-0.3, -0.25) is 18.6 Å². The lowest BCUT2D eigenvalue weighted by Crippen LogP contribution is -2.22. The van der Waals surface area contributed by atoms with Crippen molar-refractivity contribution in [2.75, 3.05) is 0 Å². The van der Waals surface area contributed by atoms with Gasteiger partial charge in [0, 0.05) is 22.5 Å². The zero-order chi connectivity index (χ0) is 18.4. The zero-order valence-electron chi connectivity index (χ0n) is 13.9. The molecule has 0 fully saturated rings. The summed E-state index contributed by atoms with van der Waals surface area (Å²) in [6.45, 7) is 0.212. The lowest BCUT2D eigenvalue weighted by atomic mass is 10.2. The standard InChI is InChI=1S/C19H12N4O2S2/c24-16-8-13(21-19-23(16)6-7-26-19)10-22-11-20-14-9-15(27-17(14)18(22)25)12-4-2-1-3-5-12/h1-9,11H,10H2. The molecule has 0 spiro atoms. The van der Waals surface area contributed by atoms with Crippen molar-refractivity contribution >= 4 is 37.9 Å². The van der Waals surface area contributed by atoms with Crippen molar-refractivity contribution in [1.82, 2.24) is 18.9 Å². The average molecular weight is 392 g/mol. The normalized spacial score (nSPS) is 11.4. The third kappa shape index (κ3) is 2.79. The van der Waals surface area contributed by atoms with Gasteiger partial charge in [0.2, 0.25) is 0 Å². The summed E-state index contributed by atoms with van der Waals surface area (Å²) in [4.78, 5) is 35.5. The maximum absolute atomic E-state index is 12.9. The third-order valence-electron chi connectivity index (χ3n) is 4.25. The van der Waals surface area contributed by atoms with Crippen molar-refractivity contribution in [3.63, 3.8) is 0 Å². The molecule has 5 rings (SSSR count). The summed E-state index contributed by atoms with van der Waals surface area (Å²) >= 11 is 2.81. The molecule has 0 bridgehead atoms. The van der Waals surface area contributed by atoms with Crippen LogP contribution in [0.1, 0.15) is 5.69 Å². The first-order valence-corrected chi connectivity index (χ1v) is 9.89. The van der Waals surface area contributed by atoms with Gasteiger partial charge in [-0.2, -0.15) is 0 Å². The SMILES string of the molecule is O=c1c2sc(-c3ccccc3)cc2ncn1Cc1cc(=O)n2ccsc2n1. The van der Waals surface area contributed by atoms with E-state index in [-0.39, 0.29) is 17.7 Å². The molecule has 0 saturated carbocycles. The Morgan fingerprint density at radius 2 is 1.93 bits per heavy atom. The molecule has 0 saturated heterocycles. The smallest absolute Gasteiger partial charge is 0.271 e. The Balaban J connectivity index is 1.58. The Bertz CT molecular complexity index is 1400. The molecule has 132 valence electrons. The monoisotopic (exact) mass is 392 g/mol. The molecule has 0 N–H and O–H groups in total. The van der Waals surface area contributed by atoms with Gasteiger partial charge in [-0.15, -0.1) is 22.7 Å². The zero-order valence-corrected chi connectivity index (χ0v) is 15.5. The van der Waals surface area contributed by atoms with Crippen LogP contribution in [0.4, 0.5) is 0 Å². The maximum Gasteiger partial charge on any atom is 0.271 e. The molecule has 8 heteroatoms. The lowest BCUT2D eigenvalue weighted by molar-refractivity contribution is 0.729. The Kier molecular flexibility index (Phi) is 3.73. The number of thiophene rings is 1. The summed E-state index contributed by atoms with van der Waals surface area (Å²) in [5.74, 6) is 0. The van der Waals surface area contributed by atoms with E-state index in [1.165, 1.54) is 44.0 Å². The van der Waals surface area contributed by atoms with Crippen LogP contribution in [0.5, 0.6) is 0 Å². The third-order valence-corrected chi connectivity index (χ3v) is 6.17. The van der Waals surface area contributed by atoms with Crippen molar-refractivity contribution in [3.05, 3.63) is 86.8 Å². The molecular weight excluding hydrogens is 380 g/mol. The first-order chi connectivity index (χ1) is 13.2. The van der Waals surface area contributed by atoms with E-state index >= 15 is 0 Å². The van der Waals surface area contributed by atoms with Crippen molar-refractivity contribution in [2.45, 2.75) is 6.54 Å². The van der Waals surface area contributed by atoms with Crippen molar-refractivity contribution in [1.29, 1.82) is 0 Å². The van der Waals surface area contributed by atoms with Crippen LogP contribution in [-0.2, 0) is 6.54 Å². The predicted octanol–water partition coefficient (Wildman–Crippen LogP) is 3.24. The Morgan fingerprint density at radius 3 is 2.78 bits per heavy atom. The van der Waals surface area contributed by atoms with Gasteiger partial charge in [0.25, 0.3) is 11.1 Å².